The van der Waals surface area contributed by atoms with Crippen molar-refractivity contribution in [3.8, 4) is 10.0 Å². The van der Waals surface area contributed by atoms with Gasteiger partial charge in [-0.2, -0.15) is 0 Å². The molecular weight excluding hydrogens is 1260 g/mol. The van der Waals surface area contributed by atoms with Gasteiger partial charge in [0.1, 0.15) is 46.4 Å². The smallest absolute Gasteiger partial charge is 0.264 e. The Hall–Kier alpha value is -8.37. The number of hydrogen-bond donors (Lipinski definition) is 5. The summed E-state index contributed by atoms with van der Waals surface area (Å²) in [4.78, 5) is 106. The minimum absolute atomic E-state index is 0.00442. The Bertz CT molecular complexity index is 3930. The van der Waals surface area contributed by atoms with Gasteiger partial charge in [0.15, 0.2) is 11.6 Å². The lowest BCUT2D eigenvalue weighted by molar-refractivity contribution is -0.136. The fourth-order valence-corrected chi connectivity index (χ4v) is 14.2. The van der Waals surface area contributed by atoms with Crippen LogP contribution in [0.2, 0.25) is 10.0 Å². The molecule has 0 aliphatic carbocycles. The van der Waals surface area contributed by atoms with E-state index in [1.807, 2.05) is 78.4 Å². The quantitative estimate of drug-likeness (QED) is 0.0277. The molecule has 8 heterocycles. The number of hydrogen-bond acceptors (Lipinski definition) is 19. The van der Waals surface area contributed by atoms with Crippen molar-refractivity contribution in [1.29, 1.82) is 0 Å². The zero-order chi connectivity index (χ0) is 65.1. The molecule has 1 saturated heterocycles. The molecule has 4 aliphatic heterocycles. The average molecular weight is 1330 g/mol. The molecule has 7 aromatic rings. The van der Waals surface area contributed by atoms with Gasteiger partial charge in [-0.15, -0.1) is 43.1 Å². The summed E-state index contributed by atoms with van der Waals surface area (Å²) >= 11 is 15.9. The van der Waals surface area contributed by atoms with Crippen molar-refractivity contribution < 1.29 is 47.8 Å². The van der Waals surface area contributed by atoms with E-state index in [0.717, 1.165) is 69.5 Å². The van der Waals surface area contributed by atoms with Crippen molar-refractivity contribution in [3.05, 3.63) is 154 Å². The topological polar surface area (TPSA) is 297 Å². The average Bonchev–Trinajstić information content (AvgIpc) is 1.61. The Morgan fingerprint density at radius 1 is 0.620 bits per heavy atom. The first kappa shape index (κ1) is 65.1. The fraction of sp³-hybridized carbons (Fsp3) is 0.391. The molecular formula is C64H68Cl2N14O10S2. The van der Waals surface area contributed by atoms with E-state index in [1.165, 1.54) is 6.07 Å². The standard InChI is InChI=1S/C64H68Cl2N14O10S2/c1-33-35(3)91-62-52(33)55(39-11-15-41(65)16-12-39)71-45(57-76-74-37(5)78(57)62)27-49(82)69-23-25-88-30-64(7,32-90-29-51(84)68-22-21-67-44-10-8-9-43-54(44)61(87)80(60(43)86)47-19-20-48(81)73-59(47)85)31-89-26-24-70-50(83)28-46-58-77-75-38(6)79(58)63-53(34(2)36(4)92-63)56(72-46)40-13-17-42(66)18-14-40/h8-18,45-47,67H,19-32H2,1-7H3,(H,68,84)(H,69,82)(H,70,83)(H,73,81,85)/t45-,46-,47?/m0/s1. The zero-order valence-electron chi connectivity index (χ0n) is 51.7. The number of anilines is 1. The molecule has 5 N–H and O–H groups in total. The van der Waals surface area contributed by atoms with E-state index >= 15 is 0 Å². The Morgan fingerprint density at radius 3 is 1.63 bits per heavy atom. The lowest BCUT2D eigenvalue weighted by Crippen LogP contribution is -2.54. The molecule has 480 valence electrons. The highest BCUT2D eigenvalue weighted by Gasteiger charge is 2.46. The number of nitrogens with one attached hydrogen (secondary N) is 5. The first-order valence-corrected chi connectivity index (χ1v) is 32.4. The summed E-state index contributed by atoms with van der Waals surface area (Å²) in [5.41, 5.74) is 6.95. The summed E-state index contributed by atoms with van der Waals surface area (Å²) in [6.07, 6.45) is -0.0242. The number of benzene rings is 3. The van der Waals surface area contributed by atoms with Crippen LogP contribution in [0.1, 0.15) is 132 Å². The Labute approximate surface area is 547 Å². The van der Waals surface area contributed by atoms with E-state index in [1.54, 1.807) is 34.8 Å². The zero-order valence-corrected chi connectivity index (χ0v) is 54.8. The summed E-state index contributed by atoms with van der Waals surface area (Å²) in [7, 11) is 0. The van der Waals surface area contributed by atoms with Crippen LogP contribution in [0.25, 0.3) is 10.0 Å². The number of nitrogens with zero attached hydrogens (tertiary/aromatic N) is 9. The van der Waals surface area contributed by atoms with Crippen molar-refractivity contribution in [2.75, 3.05) is 71.1 Å². The number of aromatic nitrogens is 6. The van der Waals surface area contributed by atoms with Gasteiger partial charge in [0.25, 0.3) is 11.8 Å². The van der Waals surface area contributed by atoms with Gasteiger partial charge in [0.2, 0.25) is 29.5 Å². The van der Waals surface area contributed by atoms with Crippen molar-refractivity contribution in [2.24, 2.45) is 15.4 Å². The first-order valence-electron chi connectivity index (χ1n) is 30.0. The highest BCUT2D eigenvalue weighted by Crippen LogP contribution is 2.42. The molecule has 11 rings (SSSR count). The maximum Gasteiger partial charge on any atom is 0.264 e. The molecule has 1 fully saturated rings. The summed E-state index contributed by atoms with van der Waals surface area (Å²) in [6.45, 7) is 14.6. The minimum atomic E-state index is -1.11. The van der Waals surface area contributed by atoms with Crippen LogP contribution in [0.5, 0.6) is 0 Å². The SMILES string of the molecule is Cc1sc2c(c1C)C(c1ccc(Cl)cc1)=N[C@@H](CC(=O)NCCOCC(C)(COCCNC(=O)C[C@@H]1N=C(c3ccc(Cl)cc3)c3c(sc(C)c3C)-n3c(C)nnc31)COCC(=O)NCCNc1cccc3c1C(=O)N(C1CCC(=O)NC1=O)C3=O)c1nnc(C)n1-2. The van der Waals surface area contributed by atoms with Crippen molar-refractivity contribution >= 4 is 104 Å². The van der Waals surface area contributed by atoms with Crippen LogP contribution in [0.15, 0.2) is 76.7 Å². The van der Waals surface area contributed by atoms with Crippen LogP contribution in [0.3, 0.4) is 0 Å². The molecule has 4 aliphatic rings. The van der Waals surface area contributed by atoms with Gasteiger partial charge < -0.3 is 35.5 Å². The Balaban J connectivity index is 0.705. The van der Waals surface area contributed by atoms with Crippen molar-refractivity contribution in [1.82, 2.24) is 55.7 Å². The molecule has 3 atom stereocenters. The molecule has 4 aromatic heterocycles. The van der Waals surface area contributed by atoms with Crippen LogP contribution in [-0.4, -0.2) is 159 Å². The summed E-state index contributed by atoms with van der Waals surface area (Å²) in [6, 6.07) is 17.2. The number of fused-ring (bicyclic) bond motifs is 7. The number of aryl methyl sites for hydroxylation is 4. The molecule has 28 heteroatoms. The van der Waals surface area contributed by atoms with Gasteiger partial charge in [0, 0.05) is 85.8 Å². The minimum Gasteiger partial charge on any atom is -0.383 e. The molecule has 3 aromatic carbocycles. The predicted octanol–water partition coefficient (Wildman–Crippen LogP) is 7.31. The van der Waals surface area contributed by atoms with Crippen LogP contribution in [0, 0.1) is 47.0 Å². The largest absolute Gasteiger partial charge is 0.383 e. The molecule has 0 bridgehead atoms. The third-order valence-corrected chi connectivity index (χ3v) is 19.3. The number of halogens is 2. The van der Waals surface area contributed by atoms with Crippen molar-refractivity contribution in [3.63, 3.8) is 0 Å². The monoisotopic (exact) mass is 1330 g/mol. The van der Waals surface area contributed by atoms with Gasteiger partial charge in [-0.05, 0) is 95.5 Å². The van der Waals surface area contributed by atoms with Crippen LogP contribution >= 0.6 is 45.9 Å². The van der Waals surface area contributed by atoms with E-state index in [0.29, 0.717) is 39.0 Å². The van der Waals surface area contributed by atoms with E-state index in [4.69, 9.17) is 47.4 Å². The highest BCUT2D eigenvalue weighted by molar-refractivity contribution is 7.15. The number of thiophene rings is 2. The fourth-order valence-electron chi connectivity index (χ4n) is 11.6. The van der Waals surface area contributed by atoms with E-state index in [9.17, 15) is 33.6 Å². The molecule has 0 spiro atoms. The molecule has 24 nitrogen and oxygen atoms in total. The molecule has 92 heavy (non-hydrogen) atoms. The van der Waals surface area contributed by atoms with Gasteiger partial charge in [-0.25, -0.2) is 0 Å². The molecule has 0 radical (unpaired) electrons. The second-order valence-corrected chi connectivity index (χ2v) is 26.6. The third kappa shape index (κ3) is 13.7. The number of rotatable bonds is 25. The maximum atomic E-state index is 13.8. The number of aliphatic imine (C=N–C) groups is 2. The highest BCUT2D eigenvalue weighted by atomic mass is 35.5. The summed E-state index contributed by atoms with van der Waals surface area (Å²) in [5, 5.41) is 35.0. The normalized spacial score (nSPS) is 16.8. The van der Waals surface area contributed by atoms with Crippen LogP contribution in [0.4, 0.5) is 5.69 Å². The third-order valence-electron chi connectivity index (χ3n) is 16.4. The number of carbonyl (C=O) groups is 7. The Morgan fingerprint density at radius 2 is 1.12 bits per heavy atom. The van der Waals surface area contributed by atoms with Gasteiger partial charge in [0.05, 0.1) is 68.4 Å². The summed E-state index contributed by atoms with van der Waals surface area (Å²) in [5.74, 6) is -1.01. The molecule has 7 amide bonds. The number of piperidine rings is 1. The van der Waals surface area contributed by atoms with Crippen LogP contribution < -0.4 is 26.6 Å². The number of carbonyl (C=O) groups excluding carboxylic acids is 7. The predicted molar refractivity (Wildman–Crippen MR) is 347 cm³/mol. The lowest BCUT2D eigenvalue weighted by atomic mass is 9.94. The van der Waals surface area contributed by atoms with E-state index < -0.39 is 53.1 Å². The first-order chi connectivity index (χ1) is 44.2. The van der Waals surface area contributed by atoms with Crippen molar-refractivity contribution in [2.45, 2.75) is 92.3 Å². The maximum absolute atomic E-state index is 13.8. The number of amides is 7. The van der Waals surface area contributed by atoms with Gasteiger partial charge in [-0.3, -0.25) is 62.9 Å². The molecule has 1 unspecified atom stereocenters. The van der Waals surface area contributed by atoms with E-state index in [2.05, 4.69) is 74.7 Å². The van der Waals surface area contributed by atoms with Crippen LogP contribution in [-0.2, 0) is 38.2 Å². The second kappa shape index (κ2) is 27.8. The number of ether oxygens (including phenoxy) is 3. The summed E-state index contributed by atoms with van der Waals surface area (Å²) < 4.78 is 22.4. The van der Waals surface area contributed by atoms with Gasteiger partial charge >= 0.3 is 0 Å². The number of imide groups is 2. The van der Waals surface area contributed by atoms with E-state index in [-0.39, 0.29) is 114 Å². The lowest BCUT2D eigenvalue weighted by Gasteiger charge is -2.29. The van der Waals surface area contributed by atoms with Gasteiger partial charge in [-0.1, -0.05) is 60.5 Å². The second-order valence-electron chi connectivity index (χ2n) is 23.3. The molecule has 0 saturated carbocycles. The Kier molecular flexibility index (Phi) is 19.7.